The maximum atomic E-state index is 12.1. The van der Waals surface area contributed by atoms with Crippen molar-refractivity contribution in [2.45, 2.75) is 77.5 Å². The molecule has 0 spiro atoms. The fraction of sp³-hybridized carbons (Fsp3) is 0.810. The van der Waals surface area contributed by atoms with Gasteiger partial charge in [0.1, 0.15) is 23.1 Å². The molecule has 0 amide bonds. The second-order valence-corrected chi connectivity index (χ2v) is 8.03. The summed E-state index contributed by atoms with van der Waals surface area (Å²) in [5.41, 5.74) is 0. The molecule has 1 rings (SSSR count). The van der Waals surface area contributed by atoms with Gasteiger partial charge in [-0.2, -0.15) is 0 Å². The summed E-state index contributed by atoms with van der Waals surface area (Å²) < 4.78 is 0. The third-order valence-corrected chi connectivity index (χ3v) is 5.61. The predicted octanol–water partition coefficient (Wildman–Crippen LogP) is -8.12. The van der Waals surface area contributed by atoms with E-state index < -0.39 is 6.04 Å². The fourth-order valence-corrected chi connectivity index (χ4v) is 3.69. The summed E-state index contributed by atoms with van der Waals surface area (Å²) in [5, 5.41) is 11.0. The van der Waals surface area contributed by atoms with Gasteiger partial charge in [0, 0.05) is 6.54 Å². The number of carbonyl (C=O) groups excluding carboxylic acids is 4. The largest absolute Gasteiger partial charge is 4.00 e. The van der Waals surface area contributed by atoms with E-state index in [1.807, 2.05) is 11.9 Å². The summed E-state index contributed by atoms with van der Waals surface area (Å²) in [5.74, 6) is 0.130. The molecule has 0 saturated carbocycles. The first-order valence-corrected chi connectivity index (χ1v) is 10.5. The molecular weight excluding hydrogens is 526 g/mol. The van der Waals surface area contributed by atoms with E-state index >= 15 is 0 Å². The Kier molecular flexibility index (Phi) is 26.1. The number of hydrogen-bond donors (Lipinski definition) is 2. The summed E-state index contributed by atoms with van der Waals surface area (Å²) in [6.45, 7) is 8.23. The van der Waals surface area contributed by atoms with Crippen molar-refractivity contribution in [2.75, 3.05) is 33.2 Å². The number of likely N-dealkylation sites (N-methyl/N-ethyl adjacent to an activating group) is 1. The van der Waals surface area contributed by atoms with Gasteiger partial charge < -0.3 is 58.0 Å². The van der Waals surface area contributed by atoms with Gasteiger partial charge in [0.2, 0.25) is 0 Å². The molecule has 0 aromatic carbocycles. The molecule has 190 valence electrons. The number of Topliss-reactive ketones (excluding diaryl/α,β-unsaturated/α-hetero) is 4. The smallest absolute Gasteiger partial charge is 1.00 e. The van der Waals surface area contributed by atoms with Crippen LogP contribution in [0.2, 0.25) is 0 Å². The predicted molar refractivity (Wildman–Crippen MR) is 113 cm³/mol. The van der Waals surface area contributed by atoms with Crippen molar-refractivity contribution < 1.29 is 78.1 Å². The van der Waals surface area contributed by atoms with Crippen molar-refractivity contribution in [1.82, 2.24) is 15.5 Å². The summed E-state index contributed by atoms with van der Waals surface area (Å²) in [4.78, 5) is 49.9. The van der Waals surface area contributed by atoms with Gasteiger partial charge in [-0.05, 0) is 67.1 Å². The Balaban J connectivity index is -0.00000105. The first kappa shape index (κ1) is 40.3. The summed E-state index contributed by atoms with van der Waals surface area (Å²) in [6.07, 6.45) is 2.20. The van der Waals surface area contributed by atoms with Crippen LogP contribution >= 0.6 is 0 Å². The first-order chi connectivity index (χ1) is 13.6. The van der Waals surface area contributed by atoms with Crippen molar-refractivity contribution in [3.8, 4) is 0 Å². The zero-order valence-electron chi connectivity index (χ0n) is 20.1. The maximum absolute atomic E-state index is 12.1. The van der Waals surface area contributed by atoms with Crippen molar-refractivity contribution in [3.63, 3.8) is 0 Å². The van der Waals surface area contributed by atoms with Crippen LogP contribution in [0.1, 0.15) is 53.4 Å². The number of nitrogens with zero attached hydrogens (tertiary/aromatic N) is 2. The number of nitrogens with one attached hydrogen (secondary N) is 2. The van der Waals surface area contributed by atoms with Crippen LogP contribution in [0.5, 0.6) is 0 Å². The Morgan fingerprint density at radius 2 is 1.21 bits per heavy atom. The molecule has 0 aromatic heterocycles. The molecule has 4 unspecified atom stereocenters. The average Bonchev–Trinajstić information content (AvgIpc) is 2.62. The van der Waals surface area contributed by atoms with Crippen LogP contribution in [0.15, 0.2) is 0 Å². The Morgan fingerprint density at radius 3 is 1.67 bits per heavy atom. The average molecular weight is 564 g/mol. The molecule has 0 aliphatic carbocycles. The van der Waals surface area contributed by atoms with E-state index in [4.69, 9.17) is 0 Å². The number of halogens is 3. The molecule has 1 aliphatic heterocycles. The molecule has 0 aromatic rings. The van der Waals surface area contributed by atoms with E-state index in [0.717, 1.165) is 0 Å². The number of hydrogen-bond acceptors (Lipinski definition) is 7. The number of carbonyl (C=O) groups is 4. The monoisotopic (exact) mass is 562 g/mol. The molecule has 0 bridgehead atoms. The van der Waals surface area contributed by atoms with Crippen LogP contribution in [-0.4, -0.2) is 85.4 Å². The number of ketones is 4. The molecule has 4 atom stereocenters. The second-order valence-electron chi connectivity index (χ2n) is 8.03. The molecule has 1 aliphatic rings. The summed E-state index contributed by atoms with van der Waals surface area (Å²) in [6, 6.07) is -1.34. The minimum Gasteiger partial charge on any atom is -1.00 e. The Labute approximate surface area is 232 Å². The third-order valence-electron chi connectivity index (χ3n) is 5.61. The molecule has 8 nitrogen and oxygen atoms in total. The molecule has 2 N–H and O–H groups in total. The van der Waals surface area contributed by atoms with E-state index in [0.29, 0.717) is 51.9 Å². The van der Waals surface area contributed by atoms with Crippen LogP contribution in [0, 0.1) is 0 Å². The fourth-order valence-electron chi connectivity index (χ4n) is 3.69. The van der Waals surface area contributed by atoms with Gasteiger partial charge >= 0.3 is 21.7 Å². The van der Waals surface area contributed by atoms with Gasteiger partial charge in [-0.3, -0.25) is 19.3 Å². The van der Waals surface area contributed by atoms with Crippen LogP contribution in [0.4, 0.5) is 0 Å². The SMILES string of the molecule is CC(=O)C1CCNC(C(C)=O)CCNC(C(C)=O)CCN(C)C(C(C)=O)CC[N-]1.[Cl-].[Cl-].[Cl-].[Ti+4]. The van der Waals surface area contributed by atoms with Gasteiger partial charge in [0.05, 0.1) is 18.1 Å². The maximum Gasteiger partial charge on any atom is 4.00 e. The van der Waals surface area contributed by atoms with Crippen molar-refractivity contribution in [1.29, 1.82) is 0 Å². The number of rotatable bonds is 4. The molecule has 33 heavy (non-hydrogen) atoms. The Morgan fingerprint density at radius 1 is 0.727 bits per heavy atom. The zero-order valence-corrected chi connectivity index (χ0v) is 24.0. The van der Waals surface area contributed by atoms with Crippen LogP contribution < -0.4 is 47.9 Å². The molecule has 1 fully saturated rings. The Bertz CT molecular complexity index is 602. The van der Waals surface area contributed by atoms with Crippen LogP contribution in [-0.2, 0) is 40.9 Å². The van der Waals surface area contributed by atoms with Gasteiger partial charge in [-0.1, -0.05) is 12.5 Å². The van der Waals surface area contributed by atoms with Crippen LogP contribution in [0.25, 0.3) is 5.32 Å². The van der Waals surface area contributed by atoms with E-state index in [9.17, 15) is 19.2 Å². The first-order valence-electron chi connectivity index (χ1n) is 10.5. The molecule has 1 heterocycles. The normalized spacial score (nSPS) is 25.6. The van der Waals surface area contributed by atoms with Gasteiger partial charge in [0.25, 0.3) is 0 Å². The summed E-state index contributed by atoms with van der Waals surface area (Å²) >= 11 is 0. The molecular formula is C21H37Cl3N4O4Ti. The Hall–Kier alpha value is 0.104. The van der Waals surface area contributed by atoms with Crippen molar-refractivity contribution in [2.24, 2.45) is 0 Å². The van der Waals surface area contributed by atoms with E-state index in [-0.39, 0.29) is 100 Å². The second kappa shape index (κ2) is 21.4. The van der Waals surface area contributed by atoms with E-state index in [2.05, 4.69) is 16.0 Å². The summed E-state index contributed by atoms with van der Waals surface area (Å²) in [7, 11) is 1.88. The van der Waals surface area contributed by atoms with E-state index in [1.165, 1.54) is 6.92 Å². The minimum absolute atomic E-state index is 0. The molecule has 12 heteroatoms. The molecule has 0 radical (unpaired) electrons. The van der Waals surface area contributed by atoms with Gasteiger partial charge in [-0.25, -0.2) is 0 Å². The van der Waals surface area contributed by atoms with Gasteiger partial charge in [-0.15, -0.1) is 6.54 Å². The standard InChI is InChI=1S/C21H37N4O4.3ClH.Ti/c1-14(26)18-7-11-23-20(16(3)28)9-13-25(5)21(17(4)29)8-12-24-19(15(2)27)6-10-22-18;;;;/h18-23H,6-13H2,1-5H3;3*1H;/q-1;;;;+4/p-3. The van der Waals surface area contributed by atoms with E-state index in [1.54, 1.807) is 20.8 Å². The minimum atomic E-state index is -0.429. The van der Waals surface area contributed by atoms with Crippen LogP contribution in [0.3, 0.4) is 0 Å². The zero-order chi connectivity index (χ0) is 22.0. The quantitative estimate of drug-likeness (QED) is 0.327. The third kappa shape index (κ3) is 15.7. The van der Waals surface area contributed by atoms with Crippen molar-refractivity contribution in [3.05, 3.63) is 5.32 Å². The van der Waals surface area contributed by atoms with Gasteiger partial charge in [0.15, 0.2) is 0 Å². The molecule has 1 saturated heterocycles. The topological polar surface area (TPSA) is 110 Å². The van der Waals surface area contributed by atoms with Crippen molar-refractivity contribution >= 4 is 23.1 Å².